The van der Waals surface area contributed by atoms with E-state index in [1.165, 1.54) is 25.7 Å². The van der Waals surface area contributed by atoms with Crippen molar-refractivity contribution in [3.8, 4) is 0 Å². The number of anilines is 2. The van der Waals surface area contributed by atoms with Crippen LogP contribution in [-0.2, 0) is 0 Å². The first-order chi connectivity index (χ1) is 8.69. The average molecular weight is 269 g/mol. The molecule has 0 unspecified atom stereocenters. The minimum absolute atomic E-state index is 0.451. The monoisotopic (exact) mass is 268 g/mol. The SMILES string of the molecule is CCNc1ncc(Cl)c(NCC2(CC)CCC2)n1. The molecule has 0 aliphatic heterocycles. The van der Waals surface area contributed by atoms with Gasteiger partial charge in [-0.25, -0.2) is 4.98 Å². The van der Waals surface area contributed by atoms with Crippen LogP contribution in [0.5, 0.6) is 0 Å². The van der Waals surface area contributed by atoms with Crippen LogP contribution in [0.15, 0.2) is 6.20 Å². The lowest BCUT2D eigenvalue weighted by atomic mass is 9.67. The zero-order valence-electron chi connectivity index (χ0n) is 11.1. The van der Waals surface area contributed by atoms with Crippen molar-refractivity contribution in [2.24, 2.45) is 5.41 Å². The Morgan fingerprint density at radius 1 is 1.33 bits per heavy atom. The van der Waals surface area contributed by atoms with Crippen LogP contribution in [0.1, 0.15) is 39.5 Å². The lowest BCUT2D eigenvalue weighted by Gasteiger charge is -2.41. The molecule has 0 radical (unpaired) electrons. The molecule has 1 aromatic rings. The van der Waals surface area contributed by atoms with Gasteiger partial charge in [0.15, 0.2) is 5.82 Å². The summed E-state index contributed by atoms with van der Waals surface area (Å²) in [4.78, 5) is 8.53. The highest BCUT2D eigenvalue weighted by molar-refractivity contribution is 6.32. The molecule has 4 nitrogen and oxygen atoms in total. The van der Waals surface area contributed by atoms with Crippen LogP contribution in [0, 0.1) is 5.41 Å². The second kappa shape index (κ2) is 5.74. The molecule has 1 heterocycles. The number of hydrogen-bond donors (Lipinski definition) is 2. The van der Waals surface area contributed by atoms with Crippen molar-refractivity contribution in [3.63, 3.8) is 0 Å². The summed E-state index contributed by atoms with van der Waals surface area (Å²) in [5.74, 6) is 1.37. The summed E-state index contributed by atoms with van der Waals surface area (Å²) in [6, 6.07) is 0. The lowest BCUT2D eigenvalue weighted by molar-refractivity contribution is 0.145. The van der Waals surface area contributed by atoms with Gasteiger partial charge < -0.3 is 10.6 Å². The first-order valence-corrected chi connectivity index (χ1v) is 7.07. The highest BCUT2D eigenvalue weighted by Gasteiger charge is 2.34. The van der Waals surface area contributed by atoms with Crippen LogP contribution >= 0.6 is 11.6 Å². The normalized spacial score (nSPS) is 17.1. The van der Waals surface area contributed by atoms with E-state index in [9.17, 15) is 0 Å². The number of hydrogen-bond acceptors (Lipinski definition) is 4. The second-order valence-corrected chi connectivity index (χ2v) is 5.39. The van der Waals surface area contributed by atoms with Gasteiger partial charge in [0.25, 0.3) is 0 Å². The topological polar surface area (TPSA) is 49.8 Å². The van der Waals surface area contributed by atoms with Gasteiger partial charge in [-0.05, 0) is 31.6 Å². The Balaban J connectivity index is 2.01. The third-order valence-electron chi connectivity index (χ3n) is 3.87. The zero-order valence-corrected chi connectivity index (χ0v) is 11.8. The van der Waals surface area contributed by atoms with Crippen molar-refractivity contribution < 1.29 is 0 Å². The van der Waals surface area contributed by atoms with Crippen LogP contribution in [0.25, 0.3) is 0 Å². The van der Waals surface area contributed by atoms with E-state index in [2.05, 4.69) is 27.5 Å². The smallest absolute Gasteiger partial charge is 0.224 e. The number of aromatic nitrogens is 2. The van der Waals surface area contributed by atoms with Gasteiger partial charge in [0.1, 0.15) is 5.02 Å². The van der Waals surface area contributed by atoms with Gasteiger partial charge in [0, 0.05) is 13.1 Å². The minimum Gasteiger partial charge on any atom is -0.368 e. The van der Waals surface area contributed by atoms with Crippen LogP contribution < -0.4 is 10.6 Å². The number of nitrogens with zero attached hydrogens (tertiary/aromatic N) is 2. The fourth-order valence-corrected chi connectivity index (χ4v) is 2.50. The summed E-state index contributed by atoms with van der Waals surface area (Å²) in [6.07, 6.45) is 6.81. The van der Waals surface area contributed by atoms with Crippen LogP contribution in [-0.4, -0.2) is 23.1 Å². The highest BCUT2D eigenvalue weighted by atomic mass is 35.5. The molecule has 2 rings (SSSR count). The van der Waals surface area contributed by atoms with Crippen molar-refractivity contribution in [2.75, 3.05) is 23.7 Å². The highest BCUT2D eigenvalue weighted by Crippen LogP contribution is 2.43. The van der Waals surface area contributed by atoms with E-state index in [0.717, 1.165) is 18.9 Å². The number of rotatable bonds is 6. The average Bonchev–Trinajstić information content (AvgIpc) is 2.32. The first-order valence-electron chi connectivity index (χ1n) is 6.69. The summed E-state index contributed by atoms with van der Waals surface area (Å²) in [5, 5.41) is 7.06. The first kappa shape index (κ1) is 13.4. The van der Waals surface area contributed by atoms with Crippen molar-refractivity contribution in [2.45, 2.75) is 39.5 Å². The van der Waals surface area contributed by atoms with Gasteiger partial charge in [0.2, 0.25) is 5.95 Å². The molecule has 1 aliphatic carbocycles. The molecule has 100 valence electrons. The molecule has 1 aliphatic rings. The van der Waals surface area contributed by atoms with Crippen LogP contribution in [0.4, 0.5) is 11.8 Å². The number of halogens is 1. The Morgan fingerprint density at radius 2 is 2.11 bits per heavy atom. The Hall–Kier alpha value is -1.03. The Bertz CT molecular complexity index is 398. The molecule has 0 aromatic carbocycles. The minimum atomic E-state index is 0.451. The molecule has 0 bridgehead atoms. The van der Waals surface area contributed by atoms with Crippen LogP contribution in [0.2, 0.25) is 5.02 Å². The molecule has 1 saturated carbocycles. The second-order valence-electron chi connectivity index (χ2n) is 4.98. The van der Waals surface area contributed by atoms with E-state index >= 15 is 0 Å². The Labute approximate surface area is 114 Å². The number of nitrogens with one attached hydrogen (secondary N) is 2. The molecule has 1 fully saturated rings. The maximum Gasteiger partial charge on any atom is 0.224 e. The van der Waals surface area contributed by atoms with Crippen LogP contribution in [0.3, 0.4) is 0 Å². The van der Waals surface area contributed by atoms with E-state index in [-0.39, 0.29) is 0 Å². The van der Waals surface area contributed by atoms with E-state index in [1.54, 1.807) is 6.20 Å². The van der Waals surface area contributed by atoms with Crippen molar-refractivity contribution in [3.05, 3.63) is 11.2 Å². The predicted octanol–water partition coefficient (Wildman–Crippen LogP) is 3.55. The molecule has 0 saturated heterocycles. The fraction of sp³-hybridized carbons (Fsp3) is 0.692. The van der Waals surface area contributed by atoms with Gasteiger partial charge in [-0.15, -0.1) is 0 Å². The van der Waals surface area contributed by atoms with E-state index in [0.29, 0.717) is 16.4 Å². The zero-order chi connectivity index (χ0) is 13.0. The summed E-state index contributed by atoms with van der Waals surface area (Å²) in [5.41, 5.74) is 0.451. The molecule has 5 heteroatoms. The van der Waals surface area contributed by atoms with Crippen molar-refractivity contribution in [1.82, 2.24) is 9.97 Å². The van der Waals surface area contributed by atoms with E-state index in [4.69, 9.17) is 11.6 Å². The van der Waals surface area contributed by atoms with Gasteiger partial charge in [0.05, 0.1) is 6.20 Å². The van der Waals surface area contributed by atoms with Gasteiger partial charge >= 0.3 is 0 Å². The van der Waals surface area contributed by atoms with Gasteiger partial charge in [-0.3, -0.25) is 0 Å². The lowest BCUT2D eigenvalue weighted by Crippen LogP contribution is -2.36. The third kappa shape index (κ3) is 2.86. The maximum atomic E-state index is 6.11. The quantitative estimate of drug-likeness (QED) is 0.828. The largest absolute Gasteiger partial charge is 0.368 e. The molecule has 0 amide bonds. The van der Waals surface area contributed by atoms with Crippen molar-refractivity contribution >= 4 is 23.4 Å². The maximum absolute atomic E-state index is 6.11. The standard InChI is InChI=1S/C13H21ClN4/c1-3-13(6-5-7-13)9-17-11-10(14)8-16-12(18-11)15-4-2/h8H,3-7,9H2,1-2H3,(H2,15,16,17,18). The summed E-state index contributed by atoms with van der Waals surface area (Å²) < 4.78 is 0. The predicted molar refractivity (Wildman–Crippen MR) is 76.3 cm³/mol. The van der Waals surface area contributed by atoms with Gasteiger partial charge in [-0.1, -0.05) is 24.9 Å². The summed E-state index contributed by atoms with van der Waals surface area (Å²) in [7, 11) is 0. The van der Waals surface area contributed by atoms with Gasteiger partial charge in [-0.2, -0.15) is 4.98 Å². The summed E-state index contributed by atoms with van der Waals surface area (Å²) in [6.45, 7) is 6.03. The Morgan fingerprint density at radius 3 is 2.67 bits per heavy atom. The Kier molecular flexibility index (Phi) is 4.27. The molecule has 2 N–H and O–H groups in total. The molecule has 0 atom stereocenters. The van der Waals surface area contributed by atoms with E-state index in [1.807, 2.05) is 6.92 Å². The summed E-state index contributed by atoms with van der Waals surface area (Å²) >= 11 is 6.11. The van der Waals surface area contributed by atoms with E-state index < -0.39 is 0 Å². The fourth-order valence-electron chi connectivity index (χ4n) is 2.34. The van der Waals surface area contributed by atoms with Crippen molar-refractivity contribution in [1.29, 1.82) is 0 Å². The molecule has 0 spiro atoms. The third-order valence-corrected chi connectivity index (χ3v) is 4.15. The molecule has 18 heavy (non-hydrogen) atoms. The molecular formula is C13H21ClN4. The molecule has 1 aromatic heterocycles. The molecular weight excluding hydrogens is 248 g/mol.